The van der Waals surface area contributed by atoms with Crippen LogP contribution in [0.5, 0.6) is 17.2 Å². The second-order valence-electron chi connectivity index (χ2n) is 7.42. The van der Waals surface area contributed by atoms with Gasteiger partial charge in [-0.25, -0.2) is 4.79 Å². The van der Waals surface area contributed by atoms with Crippen LogP contribution in [-0.4, -0.2) is 32.2 Å². The van der Waals surface area contributed by atoms with E-state index in [4.69, 9.17) is 18.9 Å². The number of anilines is 1. The molecular weight excluding hydrogens is 434 g/mol. The highest BCUT2D eigenvalue weighted by Gasteiger charge is 2.27. The third-order valence-corrected chi connectivity index (χ3v) is 4.96. The van der Waals surface area contributed by atoms with Gasteiger partial charge < -0.3 is 24.3 Å². The zero-order chi connectivity index (χ0) is 24.5. The molecule has 3 aromatic carbocycles. The molecule has 1 unspecified atom stereocenters. The second kappa shape index (κ2) is 11.7. The van der Waals surface area contributed by atoms with Crippen molar-refractivity contribution in [3.05, 3.63) is 83.4 Å². The summed E-state index contributed by atoms with van der Waals surface area (Å²) in [5, 5.41) is 2.83. The summed E-state index contributed by atoms with van der Waals surface area (Å²) in [7, 11) is 1.52. The second-order valence-corrected chi connectivity index (χ2v) is 7.42. The van der Waals surface area contributed by atoms with E-state index in [-0.39, 0.29) is 5.56 Å². The van der Waals surface area contributed by atoms with Crippen molar-refractivity contribution in [2.75, 3.05) is 25.6 Å². The van der Waals surface area contributed by atoms with Gasteiger partial charge in [0.2, 0.25) is 6.10 Å². The summed E-state index contributed by atoms with van der Waals surface area (Å²) in [5.74, 6) is 0.308. The van der Waals surface area contributed by atoms with E-state index in [0.717, 1.165) is 5.56 Å². The minimum atomic E-state index is -1.18. The molecule has 0 aromatic heterocycles. The molecular formula is C27H29NO6. The summed E-state index contributed by atoms with van der Waals surface area (Å²) in [6.07, 6.45) is -1.18. The van der Waals surface area contributed by atoms with Crippen molar-refractivity contribution in [2.24, 2.45) is 0 Å². The Kier molecular flexibility index (Phi) is 8.51. The largest absolute Gasteiger partial charge is 0.495 e. The van der Waals surface area contributed by atoms with E-state index < -0.39 is 18.0 Å². The average Bonchev–Trinajstić information content (AvgIpc) is 2.84. The Bertz CT molecular complexity index is 1130. The number of ether oxygens (including phenoxy) is 4. The van der Waals surface area contributed by atoms with Crippen LogP contribution >= 0.6 is 0 Å². The van der Waals surface area contributed by atoms with Crippen molar-refractivity contribution in [2.45, 2.75) is 26.9 Å². The molecule has 7 nitrogen and oxygen atoms in total. The van der Waals surface area contributed by atoms with E-state index >= 15 is 0 Å². The third-order valence-electron chi connectivity index (χ3n) is 4.96. The van der Waals surface area contributed by atoms with E-state index in [1.54, 1.807) is 54.6 Å². The Morgan fingerprint density at radius 1 is 0.853 bits per heavy atom. The van der Waals surface area contributed by atoms with Crippen molar-refractivity contribution >= 4 is 17.6 Å². The van der Waals surface area contributed by atoms with Gasteiger partial charge in [0.1, 0.15) is 5.75 Å². The molecule has 0 fully saturated rings. The number of carbonyl (C=O) groups excluding carboxylic acids is 2. The molecule has 0 saturated carbocycles. The number of hydrogen-bond donors (Lipinski definition) is 1. The fourth-order valence-electron chi connectivity index (χ4n) is 3.37. The normalized spacial score (nSPS) is 11.3. The molecule has 3 rings (SSSR count). The Morgan fingerprint density at radius 2 is 1.53 bits per heavy atom. The minimum Gasteiger partial charge on any atom is -0.495 e. The SMILES string of the molecule is CCOc1ccc(C(=O)OC(C(=O)Nc2cc(C)ccc2OC)c2ccccc2)cc1OCC. The number of rotatable bonds is 10. The van der Waals surface area contributed by atoms with Crippen molar-refractivity contribution in [3.8, 4) is 17.2 Å². The van der Waals surface area contributed by atoms with E-state index in [0.29, 0.717) is 41.7 Å². The number of nitrogens with one attached hydrogen (secondary N) is 1. The smallest absolute Gasteiger partial charge is 0.339 e. The van der Waals surface area contributed by atoms with Crippen LogP contribution in [0.1, 0.15) is 41.4 Å². The zero-order valence-electron chi connectivity index (χ0n) is 19.8. The number of aryl methyl sites for hydroxylation is 1. The number of methoxy groups -OCH3 is 1. The number of esters is 1. The molecule has 0 aliphatic carbocycles. The molecule has 0 radical (unpaired) electrons. The van der Waals surface area contributed by atoms with Gasteiger partial charge in [-0.15, -0.1) is 0 Å². The number of benzene rings is 3. The lowest BCUT2D eigenvalue weighted by atomic mass is 10.1. The molecule has 0 aliphatic heterocycles. The van der Waals surface area contributed by atoms with Crippen LogP contribution in [0.3, 0.4) is 0 Å². The van der Waals surface area contributed by atoms with Crippen molar-refractivity contribution in [1.29, 1.82) is 0 Å². The van der Waals surface area contributed by atoms with E-state index in [2.05, 4.69) is 5.32 Å². The Balaban J connectivity index is 1.89. The van der Waals surface area contributed by atoms with Gasteiger partial charge >= 0.3 is 5.97 Å². The standard InChI is InChI=1S/C27H29NO6/c1-5-32-23-15-13-20(17-24(23)33-6-2)27(30)34-25(19-10-8-7-9-11-19)26(29)28-21-16-18(3)12-14-22(21)31-4/h7-17,25H,5-6H2,1-4H3,(H,28,29). The molecule has 1 N–H and O–H groups in total. The lowest BCUT2D eigenvalue weighted by Gasteiger charge is -2.20. The van der Waals surface area contributed by atoms with Crippen molar-refractivity contribution in [1.82, 2.24) is 0 Å². The van der Waals surface area contributed by atoms with Gasteiger partial charge in [-0.05, 0) is 56.7 Å². The maximum atomic E-state index is 13.3. The summed E-state index contributed by atoms with van der Waals surface area (Å²) < 4.78 is 22.2. The first-order chi connectivity index (χ1) is 16.5. The van der Waals surface area contributed by atoms with Crippen LogP contribution in [0.2, 0.25) is 0 Å². The first kappa shape index (κ1) is 24.6. The lowest BCUT2D eigenvalue weighted by molar-refractivity contribution is -0.125. The van der Waals surface area contributed by atoms with Gasteiger partial charge in [-0.2, -0.15) is 0 Å². The van der Waals surface area contributed by atoms with Crippen LogP contribution in [0.4, 0.5) is 5.69 Å². The molecule has 0 spiro atoms. The van der Waals surface area contributed by atoms with E-state index in [1.807, 2.05) is 32.9 Å². The summed E-state index contributed by atoms with van der Waals surface area (Å²) in [6.45, 7) is 6.49. The van der Waals surface area contributed by atoms with Gasteiger partial charge in [0.25, 0.3) is 5.91 Å². The van der Waals surface area contributed by atoms with Crippen LogP contribution in [0.25, 0.3) is 0 Å². The topological polar surface area (TPSA) is 83.1 Å². The quantitative estimate of drug-likeness (QED) is 0.409. The van der Waals surface area contributed by atoms with Gasteiger partial charge in [0.15, 0.2) is 11.5 Å². The van der Waals surface area contributed by atoms with Gasteiger partial charge in [-0.3, -0.25) is 4.79 Å². The van der Waals surface area contributed by atoms with Crippen molar-refractivity contribution in [3.63, 3.8) is 0 Å². The predicted octanol–water partition coefficient (Wildman–Crippen LogP) is 5.34. The monoisotopic (exact) mass is 463 g/mol. The van der Waals surface area contributed by atoms with Gasteiger partial charge in [-0.1, -0.05) is 36.4 Å². The summed E-state index contributed by atoms with van der Waals surface area (Å²) in [5.41, 5.74) is 2.22. The lowest BCUT2D eigenvalue weighted by Crippen LogP contribution is -2.26. The third kappa shape index (κ3) is 6.07. The molecule has 7 heteroatoms. The highest BCUT2D eigenvalue weighted by molar-refractivity contribution is 5.99. The van der Waals surface area contributed by atoms with Crippen LogP contribution in [0.15, 0.2) is 66.7 Å². The molecule has 1 atom stereocenters. The molecule has 0 aliphatic rings. The Hall–Kier alpha value is -4.00. The maximum Gasteiger partial charge on any atom is 0.339 e. The summed E-state index contributed by atoms with van der Waals surface area (Å²) in [6, 6.07) is 19.1. The molecule has 1 amide bonds. The van der Waals surface area contributed by atoms with Crippen LogP contribution in [0, 0.1) is 6.92 Å². The minimum absolute atomic E-state index is 0.244. The highest BCUT2D eigenvalue weighted by Crippen LogP contribution is 2.31. The number of amides is 1. The zero-order valence-corrected chi connectivity index (χ0v) is 19.8. The fourth-order valence-corrected chi connectivity index (χ4v) is 3.37. The maximum absolute atomic E-state index is 13.3. The van der Waals surface area contributed by atoms with E-state index in [9.17, 15) is 9.59 Å². The highest BCUT2D eigenvalue weighted by atomic mass is 16.5. The summed E-state index contributed by atoms with van der Waals surface area (Å²) in [4.78, 5) is 26.3. The fraction of sp³-hybridized carbons (Fsp3) is 0.259. The molecule has 178 valence electrons. The first-order valence-corrected chi connectivity index (χ1v) is 11.1. The van der Waals surface area contributed by atoms with E-state index in [1.165, 1.54) is 7.11 Å². The summed E-state index contributed by atoms with van der Waals surface area (Å²) >= 11 is 0. The molecule has 3 aromatic rings. The Labute approximate surface area is 199 Å². The predicted molar refractivity (Wildman–Crippen MR) is 130 cm³/mol. The molecule has 0 bridgehead atoms. The van der Waals surface area contributed by atoms with Crippen LogP contribution < -0.4 is 19.5 Å². The number of carbonyl (C=O) groups is 2. The van der Waals surface area contributed by atoms with Crippen LogP contribution in [-0.2, 0) is 9.53 Å². The molecule has 0 saturated heterocycles. The Morgan fingerprint density at radius 3 is 2.21 bits per heavy atom. The molecule has 34 heavy (non-hydrogen) atoms. The molecule has 0 heterocycles. The van der Waals surface area contributed by atoms with Gasteiger partial charge in [0, 0.05) is 5.56 Å². The van der Waals surface area contributed by atoms with Crippen molar-refractivity contribution < 1.29 is 28.5 Å². The number of hydrogen-bond acceptors (Lipinski definition) is 6. The van der Waals surface area contributed by atoms with Gasteiger partial charge in [0.05, 0.1) is 31.6 Å². The first-order valence-electron chi connectivity index (χ1n) is 11.1. The average molecular weight is 464 g/mol.